The highest BCUT2D eigenvalue weighted by atomic mass is 16.4. The van der Waals surface area contributed by atoms with Gasteiger partial charge in [0.2, 0.25) is 5.91 Å². The third-order valence-corrected chi connectivity index (χ3v) is 3.58. The van der Waals surface area contributed by atoms with Gasteiger partial charge >= 0.3 is 5.97 Å². The van der Waals surface area contributed by atoms with Gasteiger partial charge in [-0.2, -0.15) is 0 Å². The van der Waals surface area contributed by atoms with Crippen LogP contribution in [0.2, 0.25) is 0 Å². The second kappa shape index (κ2) is 5.72. The molecule has 0 aromatic rings. The highest BCUT2D eigenvalue weighted by molar-refractivity contribution is 5.87. The Kier molecular flexibility index (Phi) is 4.77. The predicted octanol–water partition coefficient (Wildman–Crippen LogP) is 2.72. The maximum Gasteiger partial charge on any atom is 0.329 e. The molecule has 0 aromatic heterocycles. The van der Waals surface area contributed by atoms with Crippen LogP contribution in [-0.4, -0.2) is 22.5 Å². The number of carboxylic acid groups (broad SMARTS) is 1. The molecule has 0 aromatic carbocycles. The van der Waals surface area contributed by atoms with Gasteiger partial charge in [0, 0.05) is 6.42 Å². The van der Waals surface area contributed by atoms with Crippen LogP contribution in [0.1, 0.15) is 65.7 Å². The number of hydrogen-bond acceptors (Lipinski definition) is 2. The fraction of sp³-hybridized carbons (Fsp3) is 0.857. The summed E-state index contributed by atoms with van der Waals surface area (Å²) in [5, 5.41) is 12.0. The molecule has 4 nitrogen and oxygen atoms in total. The van der Waals surface area contributed by atoms with Gasteiger partial charge in [0.1, 0.15) is 5.54 Å². The number of carboxylic acids is 1. The summed E-state index contributed by atoms with van der Waals surface area (Å²) in [6.45, 7) is 6.42. The van der Waals surface area contributed by atoms with E-state index in [0.717, 1.165) is 25.7 Å². The summed E-state index contributed by atoms with van der Waals surface area (Å²) in [5.41, 5.74) is -0.767. The predicted molar refractivity (Wildman–Crippen MR) is 70.3 cm³/mol. The van der Waals surface area contributed by atoms with Crippen LogP contribution in [-0.2, 0) is 9.59 Å². The summed E-state index contributed by atoms with van der Waals surface area (Å²) >= 11 is 0. The Bertz CT molecular complexity index is 311. The lowest BCUT2D eigenvalue weighted by atomic mass is 9.89. The van der Waals surface area contributed by atoms with E-state index in [2.05, 4.69) is 26.1 Å². The van der Waals surface area contributed by atoms with Crippen molar-refractivity contribution in [1.29, 1.82) is 0 Å². The van der Waals surface area contributed by atoms with Gasteiger partial charge < -0.3 is 10.4 Å². The third kappa shape index (κ3) is 4.31. The standard InChI is InChI=1S/C14H25NO3/c1-13(2,3)8-6-7-11(16)15-14(12(17)18)9-4-5-10-14/h4-10H2,1-3H3,(H,15,16)(H,17,18). The monoisotopic (exact) mass is 255 g/mol. The van der Waals surface area contributed by atoms with Crippen LogP contribution >= 0.6 is 0 Å². The number of carbonyl (C=O) groups is 2. The molecule has 2 N–H and O–H groups in total. The Hall–Kier alpha value is -1.06. The van der Waals surface area contributed by atoms with E-state index in [-0.39, 0.29) is 11.3 Å². The molecule has 4 heteroatoms. The molecule has 18 heavy (non-hydrogen) atoms. The number of carbonyl (C=O) groups excluding carboxylic acids is 1. The first-order valence-corrected chi connectivity index (χ1v) is 6.80. The van der Waals surface area contributed by atoms with Crippen molar-refractivity contribution in [3.63, 3.8) is 0 Å². The van der Waals surface area contributed by atoms with Gasteiger partial charge in [0.15, 0.2) is 0 Å². The van der Waals surface area contributed by atoms with Crippen LogP contribution in [0, 0.1) is 5.41 Å². The summed E-state index contributed by atoms with van der Waals surface area (Å²) < 4.78 is 0. The van der Waals surface area contributed by atoms with Gasteiger partial charge in [-0.1, -0.05) is 33.6 Å². The van der Waals surface area contributed by atoms with Gasteiger partial charge in [0.05, 0.1) is 0 Å². The lowest BCUT2D eigenvalue weighted by Gasteiger charge is -2.25. The van der Waals surface area contributed by atoms with Crippen molar-refractivity contribution in [2.24, 2.45) is 5.41 Å². The average molecular weight is 255 g/mol. The molecule has 0 bridgehead atoms. The fourth-order valence-electron chi connectivity index (χ4n) is 2.48. The Morgan fingerprint density at radius 1 is 1.22 bits per heavy atom. The largest absolute Gasteiger partial charge is 0.480 e. The fourth-order valence-corrected chi connectivity index (χ4v) is 2.48. The van der Waals surface area contributed by atoms with Crippen LogP contribution < -0.4 is 5.32 Å². The second-order valence-corrected chi connectivity index (χ2v) is 6.56. The molecule has 1 fully saturated rings. The van der Waals surface area contributed by atoms with Crippen molar-refractivity contribution >= 4 is 11.9 Å². The summed E-state index contributed by atoms with van der Waals surface area (Å²) in [7, 11) is 0. The SMILES string of the molecule is CC(C)(C)CCCC(=O)NC1(C(=O)O)CCCC1. The molecule has 0 saturated heterocycles. The first kappa shape index (κ1) is 15.0. The Balaban J connectivity index is 2.41. The molecule has 0 aliphatic heterocycles. The van der Waals surface area contributed by atoms with Gasteiger partial charge in [0.25, 0.3) is 0 Å². The third-order valence-electron chi connectivity index (χ3n) is 3.58. The minimum atomic E-state index is -0.987. The van der Waals surface area contributed by atoms with Crippen molar-refractivity contribution in [2.45, 2.75) is 71.3 Å². The highest BCUT2D eigenvalue weighted by Crippen LogP contribution is 2.30. The lowest BCUT2D eigenvalue weighted by Crippen LogP contribution is -2.52. The number of aliphatic carboxylic acids is 1. The smallest absolute Gasteiger partial charge is 0.329 e. The highest BCUT2D eigenvalue weighted by Gasteiger charge is 2.42. The zero-order valence-electron chi connectivity index (χ0n) is 11.7. The second-order valence-electron chi connectivity index (χ2n) is 6.56. The first-order chi connectivity index (χ1) is 8.25. The maximum atomic E-state index is 11.8. The van der Waals surface area contributed by atoms with E-state index in [1.807, 2.05) is 0 Å². The Labute approximate surface area is 109 Å². The summed E-state index contributed by atoms with van der Waals surface area (Å²) in [6.07, 6.45) is 5.10. The number of nitrogens with one attached hydrogen (secondary N) is 1. The van der Waals surface area contributed by atoms with E-state index in [1.165, 1.54) is 0 Å². The van der Waals surface area contributed by atoms with Crippen LogP contribution in [0.3, 0.4) is 0 Å². The number of rotatable bonds is 5. The van der Waals surface area contributed by atoms with Crippen molar-refractivity contribution in [3.05, 3.63) is 0 Å². The molecule has 0 atom stereocenters. The van der Waals surface area contributed by atoms with Gasteiger partial charge in [-0.25, -0.2) is 4.79 Å². The molecule has 1 amide bonds. The quantitative estimate of drug-likeness (QED) is 0.793. The minimum absolute atomic E-state index is 0.122. The van der Waals surface area contributed by atoms with Crippen LogP contribution in [0.4, 0.5) is 0 Å². The first-order valence-electron chi connectivity index (χ1n) is 6.80. The zero-order valence-corrected chi connectivity index (χ0v) is 11.7. The Morgan fingerprint density at radius 2 is 1.78 bits per heavy atom. The van der Waals surface area contributed by atoms with E-state index in [0.29, 0.717) is 19.3 Å². The molecule has 1 rings (SSSR count). The van der Waals surface area contributed by atoms with Crippen LogP contribution in [0.15, 0.2) is 0 Å². The zero-order chi connectivity index (χ0) is 13.8. The van der Waals surface area contributed by atoms with Crippen molar-refractivity contribution < 1.29 is 14.7 Å². The van der Waals surface area contributed by atoms with E-state index in [4.69, 9.17) is 0 Å². The molecule has 0 unspecified atom stereocenters. The number of hydrogen-bond donors (Lipinski definition) is 2. The lowest BCUT2D eigenvalue weighted by molar-refractivity contribution is -0.147. The topological polar surface area (TPSA) is 66.4 Å². The molecule has 0 spiro atoms. The van der Waals surface area contributed by atoms with E-state index in [1.54, 1.807) is 0 Å². The molecule has 1 aliphatic carbocycles. The van der Waals surface area contributed by atoms with Crippen LogP contribution in [0.5, 0.6) is 0 Å². The van der Waals surface area contributed by atoms with Crippen molar-refractivity contribution in [1.82, 2.24) is 5.32 Å². The maximum absolute atomic E-state index is 11.8. The van der Waals surface area contributed by atoms with Gasteiger partial charge in [-0.15, -0.1) is 0 Å². The Morgan fingerprint density at radius 3 is 2.22 bits per heavy atom. The van der Waals surface area contributed by atoms with Crippen LogP contribution in [0.25, 0.3) is 0 Å². The normalized spacial score (nSPS) is 18.6. The average Bonchev–Trinajstić information content (AvgIpc) is 2.65. The molecule has 104 valence electrons. The van der Waals surface area contributed by atoms with E-state index >= 15 is 0 Å². The van der Waals surface area contributed by atoms with E-state index < -0.39 is 11.5 Å². The van der Waals surface area contributed by atoms with Crippen molar-refractivity contribution in [2.75, 3.05) is 0 Å². The van der Waals surface area contributed by atoms with E-state index in [9.17, 15) is 14.7 Å². The number of amides is 1. The molecule has 1 saturated carbocycles. The molecule has 1 aliphatic rings. The molecular formula is C14H25NO3. The van der Waals surface area contributed by atoms with Crippen molar-refractivity contribution in [3.8, 4) is 0 Å². The summed E-state index contributed by atoms with van der Waals surface area (Å²) in [4.78, 5) is 23.1. The minimum Gasteiger partial charge on any atom is -0.480 e. The molecule has 0 radical (unpaired) electrons. The molecule has 0 heterocycles. The van der Waals surface area contributed by atoms with Gasteiger partial charge in [-0.05, 0) is 31.1 Å². The summed E-state index contributed by atoms with van der Waals surface area (Å²) in [6, 6.07) is 0. The molecular weight excluding hydrogens is 230 g/mol. The van der Waals surface area contributed by atoms with Gasteiger partial charge in [-0.3, -0.25) is 4.79 Å². The summed E-state index contributed by atoms with van der Waals surface area (Å²) in [5.74, 6) is -1.01.